The standard InChI is InChI=1S/C17H30O2/c1-4-5-7-10-15(2)13-16(3)18-14-19-17-11-8-6-9-12-17/h13,17H,2,4-12,14H2,1,3H3/b16-13+. The Morgan fingerprint density at radius 2 is 1.95 bits per heavy atom. The van der Waals surface area contributed by atoms with Crippen molar-refractivity contribution in [2.24, 2.45) is 0 Å². The third kappa shape index (κ3) is 8.10. The van der Waals surface area contributed by atoms with E-state index in [9.17, 15) is 0 Å². The maximum absolute atomic E-state index is 5.74. The Morgan fingerprint density at radius 1 is 1.21 bits per heavy atom. The maximum Gasteiger partial charge on any atom is 0.188 e. The second-order valence-corrected chi connectivity index (χ2v) is 5.56. The summed E-state index contributed by atoms with van der Waals surface area (Å²) < 4.78 is 11.3. The van der Waals surface area contributed by atoms with Gasteiger partial charge in [-0.05, 0) is 38.7 Å². The van der Waals surface area contributed by atoms with Crippen molar-refractivity contribution in [3.63, 3.8) is 0 Å². The van der Waals surface area contributed by atoms with Crippen molar-refractivity contribution in [1.29, 1.82) is 0 Å². The van der Waals surface area contributed by atoms with Crippen molar-refractivity contribution in [2.45, 2.75) is 77.7 Å². The third-order valence-electron chi connectivity index (χ3n) is 3.65. The molecule has 1 rings (SSSR count). The van der Waals surface area contributed by atoms with Crippen molar-refractivity contribution in [3.05, 3.63) is 24.0 Å². The van der Waals surface area contributed by atoms with Crippen molar-refractivity contribution in [1.82, 2.24) is 0 Å². The van der Waals surface area contributed by atoms with Crippen LogP contribution in [0.5, 0.6) is 0 Å². The Hall–Kier alpha value is -0.760. The average molecular weight is 266 g/mol. The van der Waals surface area contributed by atoms with E-state index < -0.39 is 0 Å². The summed E-state index contributed by atoms with van der Waals surface area (Å²) >= 11 is 0. The molecule has 0 bridgehead atoms. The zero-order valence-corrected chi connectivity index (χ0v) is 12.7. The number of hydrogen-bond acceptors (Lipinski definition) is 2. The summed E-state index contributed by atoms with van der Waals surface area (Å²) in [5.74, 6) is 0.914. The lowest BCUT2D eigenvalue weighted by atomic mass is 9.98. The quantitative estimate of drug-likeness (QED) is 0.242. The smallest absolute Gasteiger partial charge is 0.188 e. The van der Waals surface area contributed by atoms with E-state index in [4.69, 9.17) is 9.47 Å². The Morgan fingerprint density at radius 3 is 2.63 bits per heavy atom. The van der Waals surface area contributed by atoms with E-state index in [1.807, 2.05) is 13.0 Å². The van der Waals surface area contributed by atoms with Crippen LogP contribution in [-0.4, -0.2) is 12.9 Å². The van der Waals surface area contributed by atoms with E-state index in [0.29, 0.717) is 12.9 Å². The molecule has 0 spiro atoms. The molecule has 110 valence electrons. The first-order valence-corrected chi connectivity index (χ1v) is 7.83. The first-order chi connectivity index (χ1) is 9.22. The lowest BCUT2D eigenvalue weighted by molar-refractivity contribution is -0.0761. The zero-order valence-electron chi connectivity index (χ0n) is 12.7. The van der Waals surface area contributed by atoms with Crippen molar-refractivity contribution in [2.75, 3.05) is 6.79 Å². The number of hydrogen-bond donors (Lipinski definition) is 0. The van der Waals surface area contributed by atoms with E-state index >= 15 is 0 Å². The van der Waals surface area contributed by atoms with Crippen molar-refractivity contribution >= 4 is 0 Å². The summed E-state index contributed by atoms with van der Waals surface area (Å²) in [5, 5.41) is 0. The van der Waals surface area contributed by atoms with E-state index in [1.54, 1.807) is 0 Å². The topological polar surface area (TPSA) is 18.5 Å². The zero-order chi connectivity index (χ0) is 13.9. The van der Waals surface area contributed by atoms with Gasteiger partial charge in [0.25, 0.3) is 0 Å². The van der Waals surface area contributed by atoms with Gasteiger partial charge in [0.2, 0.25) is 0 Å². The number of unbranched alkanes of at least 4 members (excludes halogenated alkanes) is 2. The van der Waals surface area contributed by atoms with Gasteiger partial charge in [-0.15, -0.1) is 0 Å². The first kappa shape index (κ1) is 16.3. The maximum atomic E-state index is 5.74. The van der Waals surface area contributed by atoms with E-state index in [2.05, 4.69) is 13.5 Å². The van der Waals surface area contributed by atoms with Crippen LogP contribution >= 0.6 is 0 Å². The summed E-state index contributed by atoms with van der Waals surface area (Å²) in [5.41, 5.74) is 1.16. The molecule has 0 aliphatic heterocycles. The lowest BCUT2D eigenvalue weighted by Crippen LogP contribution is -2.18. The molecule has 1 saturated carbocycles. The first-order valence-electron chi connectivity index (χ1n) is 7.83. The second kappa shape index (κ2) is 10.1. The Labute approximate surface area is 118 Å². The Bertz CT molecular complexity index is 275. The highest BCUT2D eigenvalue weighted by atomic mass is 16.7. The lowest BCUT2D eigenvalue weighted by Gasteiger charge is -2.22. The molecule has 2 nitrogen and oxygen atoms in total. The predicted molar refractivity (Wildman–Crippen MR) is 80.9 cm³/mol. The average Bonchev–Trinajstić information content (AvgIpc) is 2.40. The molecule has 0 aromatic heterocycles. The minimum absolute atomic E-state index is 0.384. The highest BCUT2D eigenvalue weighted by Crippen LogP contribution is 2.20. The molecule has 1 aliphatic carbocycles. The second-order valence-electron chi connectivity index (χ2n) is 5.56. The fourth-order valence-corrected chi connectivity index (χ4v) is 2.46. The normalized spacial score (nSPS) is 17.5. The molecule has 0 saturated heterocycles. The minimum atomic E-state index is 0.384. The fraction of sp³-hybridized carbons (Fsp3) is 0.765. The van der Waals surface area contributed by atoms with Gasteiger partial charge in [-0.3, -0.25) is 0 Å². The van der Waals surface area contributed by atoms with Crippen LogP contribution in [0.2, 0.25) is 0 Å². The van der Waals surface area contributed by atoms with Crippen LogP contribution in [0.3, 0.4) is 0 Å². The van der Waals surface area contributed by atoms with Gasteiger partial charge in [0.05, 0.1) is 11.9 Å². The minimum Gasteiger partial charge on any atom is -0.472 e. The SMILES string of the molecule is C=C(/C=C(\C)OCOC1CCCCC1)CCCCC. The van der Waals surface area contributed by atoms with Gasteiger partial charge in [-0.2, -0.15) is 0 Å². The molecule has 19 heavy (non-hydrogen) atoms. The molecule has 0 radical (unpaired) electrons. The van der Waals surface area contributed by atoms with Gasteiger partial charge >= 0.3 is 0 Å². The van der Waals surface area contributed by atoms with Crippen LogP contribution < -0.4 is 0 Å². The molecular formula is C17H30O2. The number of allylic oxidation sites excluding steroid dienone is 3. The molecule has 0 amide bonds. The molecule has 0 aromatic rings. The molecule has 0 unspecified atom stereocenters. The van der Waals surface area contributed by atoms with Crippen LogP contribution in [0, 0.1) is 0 Å². The molecule has 1 fully saturated rings. The van der Waals surface area contributed by atoms with Crippen molar-refractivity contribution in [3.8, 4) is 0 Å². The van der Waals surface area contributed by atoms with Crippen LogP contribution in [0.1, 0.15) is 71.6 Å². The van der Waals surface area contributed by atoms with Gasteiger partial charge in [0, 0.05) is 0 Å². The van der Waals surface area contributed by atoms with Gasteiger partial charge in [-0.1, -0.05) is 51.2 Å². The predicted octanol–water partition coefficient (Wildman–Crippen LogP) is 5.35. The summed E-state index contributed by atoms with van der Waals surface area (Å²) in [6, 6.07) is 0. The van der Waals surface area contributed by atoms with Gasteiger partial charge < -0.3 is 9.47 Å². The van der Waals surface area contributed by atoms with Gasteiger partial charge in [-0.25, -0.2) is 0 Å². The summed E-state index contributed by atoms with van der Waals surface area (Å²) in [6.45, 7) is 8.65. The molecule has 0 aromatic carbocycles. The summed E-state index contributed by atoms with van der Waals surface area (Å²) in [7, 11) is 0. The summed E-state index contributed by atoms with van der Waals surface area (Å²) in [4.78, 5) is 0. The molecule has 0 N–H and O–H groups in total. The molecule has 1 aliphatic rings. The van der Waals surface area contributed by atoms with Gasteiger partial charge in [0.15, 0.2) is 6.79 Å². The van der Waals surface area contributed by atoms with E-state index in [0.717, 1.165) is 17.8 Å². The van der Waals surface area contributed by atoms with E-state index in [1.165, 1.54) is 51.4 Å². The Balaban J connectivity index is 2.11. The Kier molecular flexibility index (Phi) is 8.64. The molecular weight excluding hydrogens is 236 g/mol. The largest absolute Gasteiger partial charge is 0.472 e. The summed E-state index contributed by atoms with van der Waals surface area (Å²) in [6.07, 6.45) is 13.6. The number of rotatable bonds is 9. The third-order valence-corrected chi connectivity index (χ3v) is 3.65. The van der Waals surface area contributed by atoms with Gasteiger partial charge in [0.1, 0.15) is 0 Å². The van der Waals surface area contributed by atoms with E-state index in [-0.39, 0.29) is 0 Å². The van der Waals surface area contributed by atoms with Crippen LogP contribution in [-0.2, 0) is 9.47 Å². The number of ether oxygens (including phenoxy) is 2. The monoisotopic (exact) mass is 266 g/mol. The molecule has 0 heterocycles. The van der Waals surface area contributed by atoms with Crippen LogP contribution in [0.15, 0.2) is 24.0 Å². The molecule has 0 atom stereocenters. The van der Waals surface area contributed by atoms with Crippen LogP contribution in [0.4, 0.5) is 0 Å². The highest BCUT2D eigenvalue weighted by Gasteiger charge is 2.13. The fourth-order valence-electron chi connectivity index (χ4n) is 2.46. The van der Waals surface area contributed by atoms with Crippen LogP contribution in [0.25, 0.3) is 0 Å². The highest BCUT2D eigenvalue weighted by molar-refractivity contribution is 5.16. The molecule has 2 heteroatoms. The van der Waals surface area contributed by atoms with Crippen molar-refractivity contribution < 1.29 is 9.47 Å².